The van der Waals surface area contributed by atoms with Crippen LogP contribution in [-0.4, -0.2) is 30.1 Å². The zero-order valence-corrected chi connectivity index (χ0v) is 14.9. The molecule has 6 heteroatoms. The number of carbonyl (C=O) groups excluding carboxylic acids is 1. The van der Waals surface area contributed by atoms with Gasteiger partial charge in [-0.05, 0) is 57.8 Å². The Morgan fingerprint density at radius 2 is 2.08 bits per heavy atom. The molecule has 0 unspecified atom stereocenters. The largest absolute Gasteiger partial charge is 0.490 e. The Morgan fingerprint density at radius 3 is 2.83 bits per heavy atom. The molecule has 2 N–H and O–H groups in total. The van der Waals surface area contributed by atoms with Crippen molar-refractivity contribution >= 4 is 22.4 Å². The molecule has 1 fully saturated rings. The van der Waals surface area contributed by atoms with E-state index in [9.17, 15) is 4.79 Å². The smallest absolute Gasteiger partial charge is 0.261 e. The SMILES string of the molecule is CC(C)Oc1ccccc1C(=O)Nc1ncc(C2CCNCC2)s1. The van der Waals surface area contributed by atoms with Crippen LogP contribution in [-0.2, 0) is 0 Å². The minimum atomic E-state index is -0.183. The molecule has 0 aliphatic carbocycles. The first kappa shape index (κ1) is 16.9. The molecule has 0 atom stereocenters. The van der Waals surface area contributed by atoms with Gasteiger partial charge in [-0.15, -0.1) is 11.3 Å². The van der Waals surface area contributed by atoms with E-state index in [0.29, 0.717) is 22.4 Å². The highest BCUT2D eigenvalue weighted by atomic mass is 32.1. The van der Waals surface area contributed by atoms with Crippen LogP contribution in [0.1, 0.15) is 47.8 Å². The molecule has 0 spiro atoms. The van der Waals surface area contributed by atoms with Crippen molar-refractivity contribution in [1.29, 1.82) is 0 Å². The zero-order chi connectivity index (χ0) is 16.9. The molecule has 1 amide bonds. The number of hydrogen-bond acceptors (Lipinski definition) is 5. The lowest BCUT2D eigenvalue weighted by Crippen LogP contribution is -2.26. The van der Waals surface area contributed by atoms with Gasteiger partial charge in [0.2, 0.25) is 0 Å². The van der Waals surface area contributed by atoms with Gasteiger partial charge in [-0.1, -0.05) is 12.1 Å². The fraction of sp³-hybridized carbons (Fsp3) is 0.444. The number of amides is 1. The molecular weight excluding hydrogens is 322 g/mol. The topological polar surface area (TPSA) is 63.2 Å². The molecule has 0 saturated carbocycles. The van der Waals surface area contributed by atoms with Crippen LogP contribution in [0.2, 0.25) is 0 Å². The minimum Gasteiger partial charge on any atom is -0.490 e. The first-order chi connectivity index (χ1) is 11.6. The third-order valence-electron chi connectivity index (χ3n) is 3.98. The van der Waals surface area contributed by atoms with E-state index in [1.165, 1.54) is 4.88 Å². The van der Waals surface area contributed by atoms with E-state index in [0.717, 1.165) is 25.9 Å². The van der Waals surface area contributed by atoms with Crippen LogP contribution in [0.3, 0.4) is 0 Å². The lowest BCUT2D eigenvalue weighted by Gasteiger charge is -2.20. The summed E-state index contributed by atoms with van der Waals surface area (Å²) in [6, 6.07) is 7.29. The number of rotatable bonds is 5. The highest BCUT2D eigenvalue weighted by Crippen LogP contribution is 2.32. The number of para-hydroxylation sites is 1. The monoisotopic (exact) mass is 345 g/mol. The second kappa shape index (κ2) is 7.77. The molecule has 1 aliphatic heterocycles. The third kappa shape index (κ3) is 4.13. The van der Waals surface area contributed by atoms with Crippen molar-refractivity contribution in [2.75, 3.05) is 18.4 Å². The Kier molecular flexibility index (Phi) is 5.48. The molecule has 1 saturated heterocycles. The molecule has 1 aromatic carbocycles. The summed E-state index contributed by atoms with van der Waals surface area (Å²) in [6.45, 7) is 5.98. The van der Waals surface area contributed by atoms with Crippen molar-refractivity contribution in [2.24, 2.45) is 0 Å². The van der Waals surface area contributed by atoms with Gasteiger partial charge in [0.05, 0.1) is 11.7 Å². The fourth-order valence-electron chi connectivity index (χ4n) is 2.81. The van der Waals surface area contributed by atoms with Gasteiger partial charge >= 0.3 is 0 Å². The van der Waals surface area contributed by atoms with E-state index in [-0.39, 0.29) is 12.0 Å². The molecule has 1 aromatic heterocycles. The summed E-state index contributed by atoms with van der Waals surface area (Å²) < 4.78 is 5.72. The lowest BCUT2D eigenvalue weighted by molar-refractivity contribution is 0.102. The molecule has 128 valence electrons. The quantitative estimate of drug-likeness (QED) is 0.868. The zero-order valence-electron chi connectivity index (χ0n) is 14.0. The van der Waals surface area contributed by atoms with Crippen LogP contribution in [0.4, 0.5) is 5.13 Å². The van der Waals surface area contributed by atoms with Crippen molar-refractivity contribution < 1.29 is 9.53 Å². The normalized spacial score (nSPS) is 15.5. The number of nitrogens with zero attached hydrogens (tertiary/aromatic N) is 1. The molecule has 2 aromatic rings. The summed E-state index contributed by atoms with van der Waals surface area (Å²) >= 11 is 1.57. The highest BCUT2D eigenvalue weighted by molar-refractivity contribution is 7.15. The van der Waals surface area contributed by atoms with Gasteiger partial charge < -0.3 is 10.1 Å². The summed E-state index contributed by atoms with van der Waals surface area (Å²) in [4.78, 5) is 18.2. The number of ether oxygens (including phenoxy) is 1. The van der Waals surface area contributed by atoms with Gasteiger partial charge in [0.25, 0.3) is 5.91 Å². The fourth-order valence-corrected chi connectivity index (χ4v) is 3.80. The molecular formula is C18H23N3O2S. The first-order valence-electron chi connectivity index (χ1n) is 8.37. The Morgan fingerprint density at radius 1 is 1.33 bits per heavy atom. The predicted octanol–water partition coefficient (Wildman–Crippen LogP) is 3.65. The van der Waals surface area contributed by atoms with E-state index in [2.05, 4.69) is 15.6 Å². The maximum atomic E-state index is 12.6. The van der Waals surface area contributed by atoms with Crippen molar-refractivity contribution in [3.05, 3.63) is 40.9 Å². The summed E-state index contributed by atoms with van der Waals surface area (Å²) in [6.07, 6.45) is 4.17. The Balaban J connectivity index is 1.70. The molecule has 5 nitrogen and oxygen atoms in total. The standard InChI is InChI=1S/C18H23N3O2S/c1-12(2)23-15-6-4-3-5-14(15)17(22)21-18-20-11-16(24-18)13-7-9-19-10-8-13/h3-6,11-13,19H,7-10H2,1-2H3,(H,20,21,22). The Labute approximate surface area is 146 Å². The molecule has 3 rings (SSSR count). The van der Waals surface area contributed by atoms with Gasteiger partial charge in [0.15, 0.2) is 5.13 Å². The van der Waals surface area contributed by atoms with Gasteiger partial charge in [-0.2, -0.15) is 0 Å². The van der Waals surface area contributed by atoms with E-state index in [4.69, 9.17) is 4.74 Å². The summed E-state index contributed by atoms with van der Waals surface area (Å²) in [7, 11) is 0. The Bertz CT molecular complexity index is 693. The average Bonchev–Trinajstić information content (AvgIpc) is 3.04. The first-order valence-corrected chi connectivity index (χ1v) is 9.18. The number of carbonyl (C=O) groups is 1. The van der Waals surface area contributed by atoms with Gasteiger partial charge in [0.1, 0.15) is 5.75 Å². The van der Waals surface area contributed by atoms with Crippen molar-refractivity contribution in [2.45, 2.75) is 38.7 Å². The number of hydrogen-bond donors (Lipinski definition) is 2. The van der Waals surface area contributed by atoms with Crippen molar-refractivity contribution in [3.8, 4) is 5.75 Å². The van der Waals surface area contributed by atoms with Gasteiger partial charge in [0, 0.05) is 11.1 Å². The third-order valence-corrected chi connectivity index (χ3v) is 5.06. The maximum Gasteiger partial charge on any atom is 0.261 e. The number of thiazole rings is 1. The number of aromatic nitrogens is 1. The molecule has 0 bridgehead atoms. The maximum absolute atomic E-state index is 12.6. The summed E-state index contributed by atoms with van der Waals surface area (Å²) in [5.74, 6) is 0.962. The van der Waals surface area contributed by atoms with E-state index >= 15 is 0 Å². The lowest BCUT2D eigenvalue weighted by atomic mass is 9.97. The predicted molar refractivity (Wildman–Crippen MR) is 97.1 cm³/mol. The molecule has 0 radical (unpaired) electrons. The van der Waals surface area contributed by atoms with Crippen molar-refractivity contribution in [1.82, 2.24) is 10.3 Å². The van der Waals surface area contributed by atoms with Crippen molar-refractivity contribution in [3.63, 3.8) is 0 Å². The molecule has 1 aliphatic rings. The summed E-state index contributed by atoms with van der Waals surface area (Å²) in [5, 5.41) is 6.92. The van der Waals surface area contributed by atoms with Crippen LogP contribution < -0.4 is 15.4 Å². The second-order valence-electron chi connectivity index (χ2n) is 6.21. The number of piperidine rings is 1. The Hall–Kier alpha value is -1.92. The van der Waals surface area contributed by atoms with Crippen LogP contribution in [0.5, 0.6) is 5.75 Å². The van der Waals surface area contributed by atoms with Gasteiger partial charge in [-0.25, -0.2) is 4.98 Å². The molecule has 2 heterocycles. The van der Waals surface area contributed by atoms with Gasteiger partial charge in [-0.3, -0.25) is 10.1 Å². The number of nitrogens with one attached hydrogen (secondary N) is 2. The van der Waals surface area contributed by atoms with Crippen LogP contribution >= 0.6 is 11.3 Å². The minimum absolute atomic E-state index is 0.0188. The van der Waals surface area contributed by atoms with E-state index < -0.39 is 0 Å². The molecule has 24 heavy (non-hydrogen) atoms. The highest BCUT2D eigenvalue weighted by Gasteiger charge is 2.19. The van der Waals surface area contributed by atoms with Crippen LogP contribution in [0.25, 0.3) is 0 Å². The number of benzene rings is 1. The van der Waals surface area contributed by atoms with Crippen LogP contribution in [0, 0.1) is 0 Å². The van der Waals surface area contributed by atoms with Crippen LogP contribution in [0.15, 0.2) is 30.5 Å². The summed E-state index contributed by atoms with van der Waals surface area (Å²) in [5.41, 5.74) is 0.532. The second-order valence-corrected chi connectivity index (χ2v) is 7.27. The van der Waals surface area contributed by atoms with E-state index in [1.807, 2.05) is 38.2 Å². The number of anilines is 1. The average molecular weight is 345 g/mol. The van der Waals surface area contributed by atoms with E-state index in [1.54, 1.807) is 17.4 Å².